The van der Waals surface area contributed by atoms with Gasteiger partial charge in [0, 0.05) is 12.6 Å². The van der Waals surface area contributed by atoms with Crippen LogP contribution in [0.4, 0.5) is 5.69 Å². The number of rotatable bonds is 10. The molecular weight excluding hydrogens is 546 g/mol. The van der Waals surface area contributed by atoms with Crippen molar-refractivity contribution in [2.24, 2.45) is 0 Å². The Labute approximate surface area is 242 Å². The summed E-state index contributed by atoms with van der Waals surface area (Å²) in [4.78, 5) is 28.8. The molecule has 1 saturated carbocycles. The Morgan fingerprint density at radius 2 is 1.50 bits per heavy atom. The first-order chi connectivity index (χ1) is 19.1. The van der Waals surface area contributed by atoms with Gasteiger partial charge in [-0.1, -0.05) is 84.1 Å². The van der Waals surface area contributed by atoms with E-state index >= 15 is 0 Å². The zero-order chi connectivity index (χ0) is 28.9. The molecule has 1 aliphatic carbocycles. The molecule has 0 saturated heterocycles. The number of carbonyl (C=O) groups excluding carboxylic acids is 2. The SMILES string of the molecule is Cc1ccc(CN(C(=O)CN(c2ccccc2Cl)S(=O)(=O)c2ccc(C)cc2)C(C)C(=O)NC2CCCC2)cc1. The third-order valence-electron chi connectivity index (χ3n) is 7.35. The molecule has 212 valence electrons. The van der Waals surface area contributed by atoms with Crippen molar-refractivity contribution in [2.75, 3.05) is 10.8 Å². The first-order valence-corrected chi connectivity index (χ1v) is 15.4. The first kappa shape index (κ1) is 29.6. The quantitative estimate of drug-likeness (QED) is 0.336. The lowest BCUT2D eigenvalue weighted by Gasteiger charge is -2.32. The zero-order valence-electron chi connectivity index (χ0n) is 23.1. The van der Waals surface area contributed by atoms with E-state index in [1.165, 1.54) is 17.0 Å². The van der Waals surface area contributed by atoms with Crippen LogP contribution < -0.4 is 9.62 Å². The Balaban J connectivity index is 1.69. The van der Waals surface area contributed by atoms with Gasteiger partial charge >= 0.3 is 0 Å². The van der Waals surface area contributed by atoms with E-state index in [9.17, 15) is 18.0 Å². The topological polar surface area (TPSA) is 86.8 Å². The van der Waals surface area contributed by atoms with E-state index in [4.69, 9.17) is 11.6 Å². The minimum Gasteiger partial charge on any atom is -0.352 e. The highest BCUT2D eigenvalue weighted by atomic mass is 35.5. The van der Waals surface area contributed by atoms with E-state index in [0.29, 0.717) is 0 Å². The van der Waals surface area contributed by atoms with Gasteiger partial charge in [0.05, 0.1) is 15.6 Å². The Bertz CT molecular complexity index is 1440. The molecule has 9 heteroatoms. The van der Waals surface area contributed by atoms with Crippen molar-refractivity contribution < 1.29 is 18.0 Å². The molecule has 0 bridgehead atoms. The fraction of sp³-hybridized carbons (Fsp3) is 0.355. The molecule has 2 amide bonds. The molecule has 3 aromatic carbocycles. The Morgan fingerprint density at radius 1 is 0.925 bits per heavy atom. The maximum atomic E-state index is 14.0. The van der Waals surface area contributed by atoms with Gasteiger partial charge in [-0.25, -0.2) is 8.42 Å². The van der Waals surface area contributed by atoms with E-state index < -0.39 is 28.5 Å². The maximum Gasteiger partial charge on any atom is 0.264 e. The van der Waals surface area contributed by atoms with Crippen LogP contribution in [0.2, 0.25) is 5.02 Å². The van der Waals surface area contributed by atoms with Gasteiger partial charge < -0.3 is 10.2 Å². The second-order valence-electron chi connectivity index (χ2n) is 10.4. The van der Waals surface area contributed by atoms with E-state index in [2.05, 4.69) is 5.32 Å². The van der Waals surface area contributed by atoms with Crippen molar-refractivity contribution in [1.29, 1.82) is 0 Å². The van der Waals surface area contributed by atoms with E-state index in [1.807, 2.05) is 38.1 Å². The molecule has 1 fully saturated rings. The summed E-state index contributed by atoms with van der Waals surface area (Å²) in [5.74, 6) is -0.761. The van der Waals surface area contributed by atoms with Gasteiger partial charge in [0.2, 0.25) is 11.8 Å². The lowest BCUT2D eigenvalue weighted by atomic mass is 10.1. The molecular formula is C31H36ClN3O4S. The lowest BCUT2D eigenvalue weighted by molar-refractivity contribution is -0.139. The fourth-order valence-electron chi connectivity index (χ4n) is 4.87. The smallest absolute Gasteiger partial charge is 0.264 e. The number of sulfonamides is 1. The van der Waals surface area contributed by atoms with Crippen LogP contribution in [0.1, 0.15) is 49.3 Å². The molecule has 1 atom stereocenters. The molecule has 0 aliphatic heterocycles. The van der Waals surface area contributed by atoms with Gasteiger partial charge in [0.15, 0.2) is 0 Å². The molecule has 40 heavy (non-hydrogen) atoms. The van der Waals surface area contributed by atoms with Crippen LogP contribution in [0, 0.1) is 13.8 Å². The number of halogens is 1. The number of aryl methyl sites for hydroxylation is 2. The molecule has 0 spiro atoms. The van der Waals surface area contributed by atoms with Crippen LogP contribution in [0.15, 0.2) is 77.7 Å². The van der Waals surface area contributed by atoms with E-state index in [1.54, 1.807) is 43.3 Å². The lowest BCUT2D eigenvalue weighted by Crippen LogP contribution is -2.52. The molecule has 0 aromatic heterocycles. The Kier molecular flexibility index (Phi) is 9.53. The molecule has 1 N–H and O–H groups in total. The van der Waals surface area contributed by atoms with Gasteiger partial charge in [0.1, 0.15) is 12.6 Å². The Hall–Kier alpha value is -3.36. The summed E-state index contributed by atoms with van der Waals surface area (Å²) in [5, 5.41) is 3.28. The summed E-state index contributed by atoms with van der Waals surface area (Å²) >= 11 is 6.46. The minimum absolute atomic E-state index is 0.0444. The minimum atomic E-state index is -4.16. The summed E-state index contributed by atoms with van der Waals surface area (Å²) in [5.41, 5.74) is 3.01. The van der Waals surface area contributed by atoms with Crippen LogP contribution >= 0.6 is 11.6 Å². The first-order valence-electron chi connectivity index (χ1n) is 13.6. The molecule has 0 radical (unpaired) electrons. The predicted octanol–water partition coefficient (Wildman–Crippen LogP) is 5.63. The van der Waals surface area contributed by atoms with Crippen LogP contribution in [0.25, 0.3) is 0 Å². The molecule has 1 aliphatic rings. The molecule has 3 aromatic rings. The summed E-state index contributed by atoms with van der Waals surface area (Å²) in [7, 11) is -4.16. The third-order valence-corrected chi connectivity index (χ3v) is 9.44. The van der Waals surface area contributed by atoms with Crippen LogP contribution in [-0.2, 0) is 26.2 Å². The number of para-hydroxylation sites is 1. The number of hydrogen-bond acceptors (Lipinski definition) is 4. The van der Waals surface area contributed by atoms with Gasteiger partial charge in [-0.05, 0) is 63.4 Å². The standard InChI is InChI=1S/C31H36ClN3O4S/c1-22-12-16-25(17-13-22)20-34(24(3)31(37)33-26-8-4-5-9-26)30(36)21-35(29-11-7-6-10-28(29)32)40(38,39)27-18-14-23(2)15-19-27/h6-7,10-19,24,26H,4-5,8-9,20-21H2,1-3H3,(H,33,37). The van der Waals surface area contributed by atoms with E-state index in [0.717, 1.165) is 46.7 Å². The number of carbonyl (C=O) groups is 2. The van der Waals surface area contributed by atoms with Crippen molar-refractivity contribution in [3.63, 3.8) is 0 Å². The average molecular weight is 582 g/mol. The monoisotopic (exact) mass is 581 g/mol. The van der Waals surface area contributed by atoms with Crippen molar-refractivity contribution >= 4 is 39.1 Å². The predicted molar refractivity (Wildman–Crippen MR) is 159 cm³/mol. The third kappa shape index (κ3) is 7.04. The highest BCUT2D eigenvalue weighted by Crippen LogP contribution is 2.31. The molecule has 0 heterocycles. The van der Waals surface area contributed by atoms with Crippen molar-refractivity contribution in [3.8, 4) is 0 Å². The summed E-state index contributed by atoms with van der Waals surface area (Å²) in [6.45, 7) is 5.16. The molecule has 4 rings (SSSR count). The van der Waals surface area contributed by atoms with E-state index in [-0.39, 0.29) is 34.1 Å². The van der Waals surface area contributed by atoms with Crippen LogP contribution in [-0.4, -0.2) is 43.8 Å². The molecule has 1 unspecified atom stereocenters. The normalized spacial score (nSPS) is 14.5. The highest BCUT2D eigenvalue weighted by molar-refractivity contribution is 7.92. The number of anilines is 1. The number of amides is 2. The second kappa shape index (κ2) is 12.9. The zero-order valence-corrected chi connectivity index (χ0v) is 24.7. The number of hydrogen-bond donors (Lipinski definition) is 1. The van der Waals surface area contributed by atoms with Crippen LogP contribution in [0.3, 0.4) is 0 Å². The largest absolute Gasteiger partial charge is 0.352 e. The van der Waals surface area contributed by atoms with Gasteiger partial charge in [-0.2, -0.15) is 0 Å². The van der Waals surface area contributed by atoms with Crippen molar-refractivity contribution in [2.45, 2.75) is 70.0 Å². The average Bonchev–Trinajstić information content (AvgIpc) is 3.44. The van der Waals surface area contributed by atoms with Crippen LogP contribution in [0.5, 0.6) is 0 Å². The van der Waals surface area contributed by atoms with Gasteiger partial charge in [-0.15, -0.1) is 0 Å². The summed E-state index contributed by atoms with van der Waals surface area (Å²) in [6, 6.07) is 19.9. The second-order valence-corrected chi connectivity index (χ2v) is 12.7. The maximum absolute atomic E-state index is 14.0. The number of nitrogens with zero attached hydrogens (tertiary/aromatic N) is 2. The summed E-state index contributed by atoms with van der Waals surface area (Å²) in [6.07, 6.45) is 3.96. The van der Waals surface area contributed by atoms with Gasteiger partial charge in [-0.3, -0.25) is 13.9 Å². The number of benzene rings is 3. The Morgan fingerprint density at radius 3 is 2.10 bits per heavy atom. The highest BCUT2D eigenvalue weighted by Gasteiger charge is 2.34. The summed E-state index contributed by atoms with van der Waals surface area (Å²) < 4.78 is 28.8. The van der Waals surface area contributed by atoms with Crippen molar-refractivity contribution in [3.05, 3.63) is 94.5 Å². The molecule has 7 nitrogen and oxygen atoms in total. The van der Waals surface area contributed by atoms with Gasteiger partial charge in [0.25, 0.3) is 10.0 Å². The fourth-order valence-corrected chi connectivity index (χ4v) is 6.59. The van der Waals surface area contributed by atoms with Crippen molar-refractivity contribution in [1.82, 2.24) is 10.2 Å². The number of nitrogens with one attached hydrogen (secondary N) is 1.